The van der Waals surface area contributed by atoms with Gasteiger partial charge in [-0.05, 0) is 36.8 Å². The summed E-state index contributed by atoms with van der Waals surface area (Å²) >= 11 is 3.42. The Hall–Kier alpha value is -3.13. The molecule has 8 heteroatoms. The highest BCUT2D eigenvalue weighted by atomic mass is 79.9. The van der Waals surface area contributed by atoms with Gasteiger partial charge < -0.3 is 15.0 Å². The minimum absolute atomic E-state index is 0.151. The van der Waals surface area contributed by atoms with Gasteiger partial charge in [-0.2, -0.15) is 5.10 Å². The Bertz CT molecular complexity index is 1060. The van der Waals surface area contributed by atoms with Crippen molar-refractivity contribution in [3.8, 4) is 5.75 Å². The standard InChI is InChI=1S/C22H21BrN4O3/c1-15-22(29)26(18-4-2-3-5-19(18)30-15)13-11-21(28)25-20-10-12-24-27(20)14-16-6-8-17(23)9-7-16/h2-10,12,15H,11,13-14H2,1H3,(H,25,28). The Kier molecular flexibility index (Phi) is 5.85. The number of amides is 2. The Labute approximate surface area is 182 Å². The first-order valence-electron chi connectivity index (χ1n) is 9.64. The first kappa shape index (κ1) is 20.2. The molecule has 2 heterocycles. The third kappa shape index (κ3) is 4.38. The van der Waals surface area contributed by atoms with Gasteiger partial charge in [0.2, 0.25) is 5.91 Å². The summed E-state index contributed by atoms with van der Waals surface area (Å²) in [7, 11) is 0. The molecule has 1 unspecified atom stereocenters. The molecule has 1 aromatic heterocycles. The molecule has 1 atom stereocenters. The third-order valence-electron chi connectivity index (χ3n) is 4.87. The van der Waals surface area contributed by atoms with E-state index in [0.717, 1.165) is 10.0 Å². The van der Waals surface area contributed by atoms with Gasteiger partial charge in [-0.3, -0.25) is 9.59 Å². The molecule has 3 aromatic rings. The second-order valence-electron chi connectivity index (χ2n) is 7.02. The third-order valence-corrected chi connectivity index (χ3v) is 5.39. The van der Waals surface area contributed by atoms with Crippen LogP contribution in [0.3, 0.4) is 0 Å². The summed E-state index contributed by atoms with van der Waals surface area (Å²) in [6, 6.07) is 17.0. The van der Waals surface area contributed by atoms with Gasteiger partial charge >= 0.3 is 0 Å². The normalized spacial score (nSPS) is 15.5. The van der Waals surface area contributed by atoms with Crippen LogP contribution in [-0.2, 0) is 16.1 Å². The molecule has 0 spiro atoms. The SMILES string of the molecule is CC1Oc2ccccc2N(CCC(=O)Nc2ccnn2Cc2ccc(Br)cc2)C1=O. The van der Waals surface area contributed by atoms with Gasteiger partial charge in [-0.1, -0.05) is 40.2 Å². The fourth-order valence-corrected chi connectivity index (χ4v) is 3.60. The maximum absolute atomic E-state index is 12.6. The minimum atomic E-state index is -0.574. The van der Waals surface area contributed by atoms with E-state index in [1.165, 1.54) is 0 Å². The molecular weight excluding hydrogens is 448 g/mol. The van der Waals surface area contributed by atoms with Crippen molar-refractivity contribution in [2.24, 2.45) is 0 Å². The van der Waals surface area contributed by atoms with Crippen molar-refractivity contribution in [3.63, 3.8) is 0 Å². The van der Waals surface area contributed by atoms with Gasteiger partial charge in [0.1, 0.15) is 11.6 Å². The summed E-state index contributed by atoms with van der Waals surface area (Å²) in [5.41, 5.74) is 1.76. The molecule has 0 aliphatic carbocycles. The quantitative estimate of drug-likeness (QED) is 0.596. The predicted molar refractivity (Wildman–Crippen MR) is 118 cm³/mol. The zero-order valence-corrected chi connectivity index (χ0v) is 18.0. The van der Waals surface area contributed by atoms with Crippen molar-refractivity contribution in [2.45, 2.75) is 26.0 Å². The summed E-state index contributed by atoms with van der Waals surface area (Å²) in [6.07, 6.45) is 1.24. The molecule has 0 radical (unpaired) electrons. The number of carbonyl (C=O) groups is 2. The highest BCUT2D eigenvalue weighted by Crippen LogP contribution is 2.33. The van der Waals surface area contributed by atoms with Crippen LogP contribution in [0.4, 0.5) is 11.5 Å². The molecule has 0 saturated heterocycles. The predicted octanol–water partition coefficient (Wildman–Crippen LogP) is 3.84. The maximum Gasteiger partial charge on any atom is 0.267 e. The lowest BCUT2D eigenvalue weighted by atomic mass is 10.1. The molecule has 7 nitrogen and oxygen atoms in total. The number of hydrogen-bond acceptors (Lipinski definition) is 4. The van der Waals surface area contributed by atoms with Gasteiger partial charge in [-0.15, -0.1) is 0 Å². The Morgan fingerprint density at radius 3 is 2.73 bits per heavy atom. The molecule has 2 aromatic carbocycles. The molecule has 2 amide bonds. The van der Waals surface area contributed by atoms with E-state index in [1.54, 1.807) is 28.8 Å². The molecule has 30 heavy (non-hydrogen) atoms. The van der Waals surface area contributed by atoms with Crippen LogP contribution in [0.1, 0.15) is 18.9 Å². The van der Waals surface area contributed by atoms with Gasteiger partial charge in [-0.25, -0.2) is 4.68 Å². The summed E-state index contributed by atoms with van der Waals surface area (Å²) in [6.45, 7) is 2.53. The number of carbonyl (C=O) groups excluding carboxylic acids is 2. The monoisotopic (exact) mass is 468 g/mol. The van der Waals surface area contributed by atoms with Crippen molar-refractivity contribution in [1.82, 2.24) is 9.78 Å². The lowest BCUT2D eigenvalue weighted by molar-refractivity contribution is -0.125. The Balaban J connectivity index is 1.40. The fraction of sp³-hybridized carbons (Fsp3) is 0.227. The number of rotatable bonds is 6. The number of halogens is 1. The van der Waals surface area contributed by atoms with Crippen molar-refractivity contribution in [3.05, 3.63) is 70.8 Å². The van der Waals surface area contributed by atoms with Gasteiger partial charge in [0.05, 0.1) is 18.4 Å². The number of ether oxygens (including phenoxy) is 1. The average Bonchev–Trinajstić information content (AvgIpc) is 3.16. The molecule has 1 aliphatic heterocycles. The van der Waals surface area contributed by atoms with Gasteiger partial charge in [0.15, 0.2) is 6.10 Å². The van der Waals surface area contributed by atoms with E-state index in [0.29, 0.717) is 23.8 Å². The zero-order chi connectivity index (χ0) is 21.1. The average molecular weight is 469 g/mol. The number of anilines is 2. The van der Waals surface area contributed by atoms with Crippen LogP contribution >= 0.6 is 15.9 Å². The fourth-order valence-electron chi connectivity index (χ4n) is 3.34. The summed E-state index contributed by atoms with van der Waals surface area (Å²) in [4.78, 5) is 26.7. The molecule has 1 aliphatic rings. The number of fused-ring (bicyclic) bond motifs is 1. The molecule has 1 N–H and O–H groups in total. The van der Waals surface area contributed by atoms with E-state index in [2.05, 4.69) is 26.3 Å². The molecule has 0 fully saturated rings. The lowest BCUT2D eigenvalue weighted by Gasteiger charge is -2.32. The van der Waals surface area contributed by atoms with E-state index in [-0.39, 0.29) is 24.8 Å². The smallest absolute Gasteiger partial charge is 0.267 e. The van der Waals surface area contributed by atoms with Crippen LogP contribution in [0.2, 0.25) is 0 Å². The molecular formula is C22H21BrN4O3. The van der Waals surface area contributed by atoms with Crippen molar-refractivity contribution in [1.29, 1.82) is 0 Å². The molecule has 154 valence electrons. The largest absolute Gasteiger partial charge is 0.479 e. The van der Waals surface area contributed by atoms with Crippen molar-refractivity contribution < 1.29 is 14.3 Å². The summed E-state index contributed by atoms with van der Waals surface area (Å²) < 4.78 is 8.38. The zero-order valence-electron chi connectivity index (χ0n) is 16.4. The van der Waals surface area contributed by atoms with Crippen LogP contribution < -0.4 is 15.0 Å². The topological polar surface area (TPSA) is 76.5 Å². The minimum Gasteiger partial charge on any atom is -0.479 e. The first-order valence-corrected chi connectivity index (χ1v) is 10.4. The van der Waals surface area contributed by atoms with E-state index in [4.69, 9.17) is 4.74 Å². The van der Waals surface area contributed by atoms with E-state index >= 15 is 0 Å². The summed E-state index contributed by atoms with van der Waals surface area (Å²) in [5, 5.41) is 7.19. The number of benzene rings is 2. The highest BCUT2D eigenvalue weighted by molar-refractivity contribution is 9.10. The van der Waals surface area contributed by atoms with Crippen LogP contribution in [0.25, 0.3) is 0 Å². The lowest BCUT2D eigenvalue weighted by Crippen LogP contribution is -2.45. The maximum atomic E-state index is 12.6. The highest BCUT2D eigenvalue weighted by Gasteiger charge is 2.31. The van der Waals surface area contributed by atoms with Crippen molar-refractivity contribution >= 4 is 39.2 Å². The van der Waals surface area contributed by atoms with Gasteiger partial charge in [0.25, 0.3) is 5.91 Å². The van der Waals surface area contributed by atoms with Crippen LogP contribution in [0, 0.1) is 0 Å². The van der Waals surface area contributed by atoms with Gasteiger partial charge in [0, 0.05) is 23.5 Å². The van der Waals surface area contributed by atoms with Crippen LogP contribution in [0.15, 0.2) is 65.3 Å². The van der Waals surface area contributed by atoms with Crippen LogP contribution in [-0.4, -0.2) is 34.2 Å². The number of nitrogens with zero attached hydrogens (tertiary/aromatic N) is 3. The van der Waals surface area contributed by atoms with E-state index in [9.17, 15) is 9.59 Å². The second kappa shape index (κ2) is 8.71. The number of hydrogen-bond donors (Lipinski definition) is 1. The first-order chi connectivity index (χ1) is 14.5. The summed E-state index contributed by atoms with van der Waals surface area (Å²) in [5.74, 6) is 0.932. The second-order valence-corrected chi connectivity index (χ2v) is 7.93. The number of nitrogens with one attached hydrogen (secondary N) is 1. The van der Waals surface area contributed by atoms with E-state index in [1.807, 2.05) is 48.5 Å². The van der Waals surface area contributed by atoms with E-state index < -0.39 is 6.10 Å². The molecule has 0 bridgehead atoms. The molecule has 4 rings (SSSR count). The Morgan fingerprint density at radius 1 is 1.17 bits per heavy atom. The molecule has 0 saturated carbocycles. The Morgan fingerprint density at radius 2 is 1.93 bits per heavy atom. The van der Waals surface area contributed by atoms with Crippen molar-refractivity contribution in [2.75, 3.05) is 16.8 Å². The number of para-hydroxylation sites is 2. The van der Waals surface area contributed by atoms with Crippen LogP contribution in [0.5, 0.6) is 5.75 Å². The number of aromatic nitrogens is 2.